The Morgan fingerprint density at radius 1 is 1.12 bits per heavy atom. The lowest BCUT2D eigenvalue weighted by atomic mass is 9.95. The van der Waals surface area contributed by atoms with Crippen molar-refractivity contribution < 1.29 is 14.3 Å². The van der Waals surface area contributed by atoms with Crippen molar-refractivity contribution in [3.8, 4) is 5.75 Å². The smallest absolute Gasteiger partial charge is 0.255 e. The minimum Gasteiger partial charge on any atom is -0.496 e. The predicted octanol–water partition coefficient (Wildman–Crippen LogP) is 4.29. The van der Waals surface area contributed by atoms with Gasteiger partial charge in [-0.3, -0.25) is 4.79 Å². The molecule has 0 radical (unpaired) electrons. The molecule has 0 heterocycles. The zero-order valence-electron chi connectivity index (χ0n) is 13.7. The molecule has 4 nitrogen and oxygen atoms in total. The molecule has 0 fully saturated rings. The molecule has 0 saturated carbocycles. The molecule has 0 aliphatic carbocycles. The van der Waals surface area contributed by atoms with Crippen LogP contribution in [0.5, 0.6) is 5.75 Å². The second-order valence-electron chi connectivity index (χ2n) is 5.47. The van der Waals surface area contributed by atoms with E-state index in [-0.39, 0.29) is 12.5 Å². The summed E-state index contributed by atoms with van der Waals surface area (Å²) in [4.78, 5) is 12.5. The summed E-state index contributed by atoms with van der Waals surface area (Å²) in [5.41, 5.74) is 0.525. The number of carbonyl (C=O) groups is 1. The highest BCUT2D eigenvalue weighted by atomic mass is 35.5. The van der Waals surface area contributed by atoms with Gasteiger partial charge in [-0.15, -0.1) is 0 Å². The van der Waals surface area contributed by atoms with Crippen LogP contribution in [0.2, 0.25) is 10.0 Å². The summed E-state index contributed by atoms with van der Waals surface area (Å²) in [6.07, 6.45) is 0. The van der Waals surface area contributed by atoms with Gasteiger partial charge in [0.15, 0.2) is 0 Å². The number of methoxy groups -OCH3 is 2. The average Bonchev–Trinajstić information content (AvgIpc) is 2.59. The SMILES string of the molecule is COc1ccc(Cl)cc1C(=O)NCC(C)(OC)c1cccc(Cl)c1. The minimum atomic E-state index is -0.716. The van der Waals surface area contributed by atoms with Crippen LogP contribution in [0.15, 0.2) is 42.5 Å². The molecule has 0 saturated heterocycles. The molecule has 1 atom stereocenters. The van der Waals surface area contributed by atoms with E-state index < -0.39 is 5.60 Å². The van der Waals surface area contributed by atoms with E-state index in [1.54, 1.807) is 31.4 Å². The Labute approximate surface area is 151 Å². The van der Waals surface area contributed by atoms with E-state index in [1.807, 2.05) is 25.1 Å². The third-order valence-corrected chi connectivity index (χ3v) is 4.35. The summed E-state index contributed by atoms with van der Waals surface area (Å²) >= 11 is 12.0. The van der Waals surface area contributed by atoms with Crippen LogP contribution in [0.25, 0.3) is 0 Å². The maximum atomic E-state index is 12.5. The van der Waals surface area contributed by atoms with Crippen LogP contribution in [0.3, 0.4) is 0 Å². The summed E-state index contributed by atoms with van der Waals surface area (Å²) in [5.74, 6) is 0.165. The number of rotatable bonds is 6. The van der Waals surface area contributed by atoms with Crippen LogP contribution in [0, 0.1) is 0 Å². The maximum Gasteiger partial charge on any atom is 0.255 e. The van der Waals surface area contributed by atoms with Gasteiger partial charge in [-0.2, -0.15) is 0 Å². The maximum absolute atomic E-state index is 12.5. The van der Waals surface area contributed by atoms with Crippen molar-refractivity contribution in [3.63, 3.8) is 0 Å². The lowest BCUT2D eigenvalue weighted by Crippen LogP contribution is -2.40. The molecule has 2 aromatic carbocycles. The van der Waals surface area contributed by atoms with E-state index in [2.05, 4.69) is 5.32 Å². The highest BCUT2D eigenvalue weighted by molar-refractivity contribution is 6.31. The number of carbonyl (C=O) groups excluding carboxylic acids is 1. The van der Waals surface area contributed by atoms with E-state index in [1.165, 1.54) is 7.11 Å². The molecular weight excluding hydrogens is 349 g/mol. The first-order chi connectivity index (χ1) is 11.4. The zero-order valence-corrected chi connectivity index (χ0v) is 15.2. The molecule has 0 bridgehead atoms. The summed E-state index contributed by atoms with van der Waals surface area (Å²) in [6.45, 7) is 2.15. The first-order valence-corrected chi connectivity index (χ1v) is 8.08. The monoisotopic (exact) mass is 367 g/mol. The quantitative estimate of drug-likeness (QED) is 0.827. The normalized spacial score (nSPS) is 13.2. The standard InChI is InChI=1S/C18H19Cl2NO3/c1-18(24-3,12-5-4-6-13(19)9-12)11-21-17(22)15-10-14(20)7-8-16(15)23-2/h4-10H,11H2,1-3H3,(H,21,22). The molecule has 6 heteroatoms. The number of benzene rings is 2. The van der Waals surface area contributed by atoms with Gasteiger partial charge < -0.3 is 14.8 Å². The van der Waals surface area contributed by atoms with E-state index in [9.17, 15) is 4.79 Å². The summed E-state index contributed by atoms with van der Waals surface area (Å²) in [5, 5.41) is 3.94. The van der Waals surface area contributed by atoms with Gasteiger partial charge in [0.05, 0.1) is 19.2 Å². The molecule has 128 valence electrons. The fraction of sp³-hybridized carbons (Fsp3) is 0.278. The molecule has 0 aromatic heterocycles. The number of halogens is 2. The Balaban J connectivity index is 2.19. The Kier molecular flexibility index (Phi) is 6.10. The predicted molar refractivity (Wildman–Crippen MR) is 96.2 cm³/mol. The van der Waals surface area contributed by atoms with Crippen LogP contribution in [-0.4, -0.2) is 26.7 Å². The van der Waals surface area contributed by atoms with Crippen molar-refractivity contribution in [1.29, 1.82) is 0 Å². The van der Waals surface area contributed by atoms with Crippen molar-refractivity contribution >= 4 is 29.1 Å². The van der Waals surface area contributed by atoms with Gasteiger partial charge in [-0.1, -0.05) is 35.3 Å². The summed E-state index contributed by atoms with van der Waals surface area (Å²) in [6, 6.07) is 12.2. The van der Waals surface area contributed by atoms with Gasteiger partial charge in [0.1, 0.15) is 11.4 Å². The molecule has 1 N–H and O–H groups in total. The van der Waals surface area contributed by atoms with Crippen LogP contribution >= 0.6 is 23.2 Å². The van der Waals surface area contributed by atoms with Gasteiger partial charge in [0.2, 0.25) is 0 Å². The third kappa shape index (κ3) is 4.20. The minimum absolute atomic E-state index is 0.262. The largest absolute Gasteiger partial charge is 0.496 e. The molecule has 24 heavy (non-hydrogen) atoms. The second kappa shape index (κ2) is 7.88. The number of amides is 1. The first kappa shape index (κ1) is 18.6. The van der Waals surface area contributed by atoms with E-state index in [0.29, 0.717) is 21.4 Å². The number of hydrogen-bond acceptors (Lipinski definition) is 3. The highest BCUT2D eigenvalue weighted by Gasteiger charge is 2.28. The fourth-order valence-electron chi connectivity index (χ4n) is 2.31. The molecule has 1 amide bonds. The fourth-order valence-corrected chi connectivity index (χ4v) is 2.67. The Bertz CT molecular complexity index is 736. The summed E-state index contributed by atoms with van der Waals surface area (Å²) < 4.78 is 10.8. The number of nitrogens with one attached hydrogen (secondary N) is 1. The number of ether oxygens (including phenoxy) is 2. The lowest BCUT2D eigenvalue weighted by molar-refractivity contribution is 0.00313. The molecule has 2 aromatic rings. The Morgan fingerprint density at radius 3 is 2.46 bits per heavy atom. The van der Waals surface area contributed by atoms with Crippen LogP contribution in [-0.2, 0) is 10.3 Å². The lowest BCUT2D eigenvalue weighted by Gasteiger charge is -2.29. The molecule has 1 unspecified atom stereocenters. The van der Waals surface area contributed by atoms with Gasteiger partial charge in [0, 0.05) is 17.2 Å². The molecular formula is C18H19Cl2NO3. The third-order valence-electron chi connectivity index (χ3n) is 3.88. The first-order valence-electron chi connectivity index (χ1n) is 7.32. The molecule has 0 spiro atoms. The highest BCUT2D eigenvalue weighted by Crippen LogP contribution is 2.27. The topological polar surface area (TPSA) is 47.6 Å². The molecule has 2 rings (SSSR count). The van der Waals surface area contributed by atoms with Crippen LogP contribution < -0.4 is 10.1 Å². The van der Waals surface area contributed by atoms with Crippen molar-refractivity contribution in [2.45, 2.75) is 12.5 Å². The van der Waals surface area contributed by atoms with E-state index in [0.717, 1.165) is 5.56 Å². The Morgan fingerprint density at radius 2 is 1.83 bits per heavy atom. The van der Waals surface area contributed by atoms with Gasteiger partial charge in [-0.25, -0.2) is 0 Å². The van der Waals surface area contributed by atoms with E-state index in [4.69, 9.17) is 32.7 Å². The van der Waals surface area contributed by atoms with E-state index >= 15 is 0 Å². The average molecular weight is 368 g/mol. The van der Waals surface area contributed by atoms with Crippen LogP contribution in [0.1, 0.15) is 22.8 Å². The molecule has 0 aliphatic heterocycles. The van der Waals surface area contributed by atoms with Crippen molar-refractivity contribution in [3.05, 3.63) is 63.6 Å². The Hall–Kier alpha value is -1.75. The van der Waals surface area contributed by atoms with Gasteiger partial charge >= 0.3 is 0 Å². The van der Waals surface area contributed by atoms with Crippen molar-refractivity contribution in [1.82, 2.24) is 5.32 Å². The molecule has 0 aliphatic rings. The van der Waals surface area contributed by atoms with Crippen LogP contribution in [0.4, 0.5) is 0 Å². The summed E-state index contributed by atoms with van der Waals surface area (Å²) in [7, 11) is 3.10. The van der Waals surface area contributed by atoms with Gasteiger partial charge in [-0.05, 0) is 42.8 Å². The van der Waals surface area contributed by atoms with Crippen molar-refractivity contribution in [2.24, 2.45) is 0 Å². The zero-order chi connectivity index (χ0) is 17.7. The number of hydrogen-bond donors (Lipinski definition) is 1. The van der Waals surface area contributed by atoms with Gasteiger partial charge in [0.25, 0.3) is 5.91 Å². The van der Waals surface area contributed by atoms with Crippen molar-refractivity contribution in [2.75, 3.05) is 20.8 Å². The second-order valence-corrected chi connectivity index (χ2v) is 6.35.